The van der Waals surface area contributed by atoms with Crippen LogP contribution >= 0.6 is 23.2 Å². The first-order chi connectivity index (χ1) is 18.2. The first kappa shape index (κ1) is 27.6. The van der Waals surface area contributed by atoms with Crippen LogP contribution in [-0.4, -0.2) is 11.6 Å². The molecule has 0 aliphatic rings. The van der Waals surface area contributed by atoms with Gasteiger partial charge in [0.2, 0.25) is 0 Å². The first-order valence-corrected chi connectivity index (χ1v) is 13.5. The van der Waals surface area contributed by atoms with Crippen molar-refractivity contribution in [1.29, 1.82) is 0 Å². The first-order valence-electron chi connectivity index (χ1n) is 12.7. The van der Waals surface area contributed by atoms with Crippen LogP contribution in [0.1, 0.15) is 82.0 Å². The summed E-state index contributed by atoms with van der Waals surface area (Å²) in [5.74, 6) is 0.551. The maximum Gasteiger partial charge on any atom is 0.193 e. The highest BCUT2D eigenvalue weighted by atomic mass is 35.5. The van der Waals surface area contributed by atoms with Crippen LogP contribution in [0.25, 0.3) is 0 Å². The van der Waals surface area contributed by atoms with Crippen molar-refractivity contribution in [2.24, 2.45) is 0 Å². The normalized spacial score (nSPS) is 13.4. The third kappa shape index (κ3) is 6.18. The summed E-state index contributed by atoms with van der Waals surface area (Å²) in [4.78, 5) is 25.8. The molecule has 0 bridgehead atoms. The summed E-state index contributed by atoms with van der Waals surface area (Å²) >= 11 is 12.2. The number of hydrogen-bond donors (Lipinski definition) is 0. The topological polar surface area (TPSA) is 43.4 Å². The molecule has 0 saturated carbocycles. The number of benzene rings is 4. The molecule has 0 radical (unpaired) electrons. The van der Waals surface area contributed by atoms with Gasteiger partial charge in [0.25, 0.3) is 0 Å². The van der Waals surface area contributed by atoms with Crippen LogP contribution in [0.5, 0.6) is 5.75 Å². The van der Waals surface area contributed by atoms with Gasteiger partial charge in [0.1, 0.15) is 11.4 Å². The number of halogens is 2. The lowest BCUT2D eigenvalue weighted by atomic mass is 9.91. The Morgan fingerprint density at radius 3 is 1.58 bits per heavy atom. The maximum absolute atomic E-state index is 13.0. The number of carbonyl (C=O) groups is 2. The Labute approximate surface area is 234 Å². The molecule has 0 heterocycles. The standard InChI is InChI=1S/C33H30Cl2O3/c1-4-30(35)22-6-8-23(9-7-22)31(36)26-14-20-29(21-15-26)38-33(3,5-2)27-16-10-24(11-17-27)32(37)25-12-18-28(34)19-13-25/h6-21,30H,4-5H2,1-3H3. The van der Waals surface area contributed by atoms with Crippen molar-refractivity contribution in [2.75, 3.05) is 0 Å². The molecule has 0 aromatic heterocycles. The lowest BCUT2D eigenvalue weighted by molar-refractivity contribution is 0.0824. The number of ether oxygens (including phenoxy) is 1. The van der Waals surface area contributed by atoms with Gasteiger partial charge in [-0.3, -0.25) is 9.59 Å². The van der Waals surface area contributed by atoms with Crippen molar-refractivity contribution in [3.05, 3.63) is 135 Å². The summed E-state index contributed by atoms with van der Waals surface area (Å²) in [5.41, 5.74) is 3.75. The number of carbonyl (C=O) groups excluding carboxylic acids is 2. The van der Waals surface area contributed by atoms with Crippen LogP contribution in [0, 0.1) is 0 Å². The van der Waals surface area contributed by atoms with Gasteiger partial charge in [-0.2, -0.15) is 0 Å². The molecule has 0 amide bonds. The number of hydrogen-bond acceptors (Lipinski definition) is 3. The zero-order valence-corrected chi connectivity index (χ0v) is 23.2. The summed E-state index contributed by atoms with van der Waals surface area (Å²) in [7, 11) is 0. The second kappa shape index (κ2) is 12.0. The van der Waals surface area contributed by atoms with Crippen molar-refractivity contribution >= 4 is 34.8 Å². The van der Waals surface area contributed by atoms with Gasteiger partial charge in [0, 0.05) is 27.3 Å². The molecule has 0 fully saturated rings. The van der Waals surface area contributed by atoms with Gasteiger partial charge in [-0.05, 0) is 79.4 Å². The Bertz CT molecular complexity index is 1390. The van der Waals surface area contributed by atoms with Crippen molar-refractivity contribution in [3.63, 3.8) is 0 Å². The van der Waals surface area contributed by atoms with E-state index in [1.807, 2.05) is 74.5 Å². The smallest absolute Gasteiger partial charge is 0.193 e. The second-order valence-electron chi connectivity index (χ2n) is 9.45. The van der Waals surface area contributed by atoms with E-state index < -0.39 is 5.60 Å². The molecule has 38 heavy (non-hydrogen) atoms. The fourth-order valence-corrected chi connectivity index (χ4v) is 4.53. The van der Waals surface area contributed by atoms with Crippen molar-refractivity contribution in [2.45, 2.75) is 44.6 Å². The van der Waals surface area contributed by atoms with Crippen LogP contribution in [0.4, 0.5) is 0 Å². The fraction of sp³-hybridized carbons (Fsp3) is 0.212. The van der Waals surface area contributed by atoms with E-state index in [1.165, 1.54) is 0 Å². The van der Waals surface area contributed by atoms with Gasteiger partial charge in [-0.1, -0.05) is 74.0 Å². The van der Waals surface area contributed by atoms with Crippen molar-refractivity contribution in [3.8, 4) is 5.75 Å². The Kier molecular flexibility index (Phi) is 8.71. The predicted octanol–water partition coefficient (Wildman–Crippen LogP) is 9.20. The minimum absolute atomic E-state index is 0.0510. The molecule has 0 N–H and O–H groups in total. The van der Waals surface area contributed by atoms with Gasteiger partial charge in [-0.25, -0.2) is 0 Å². The Morgan fingerprint density at radius 2 is 1.13 bits per heavy atom. The fourth-order valence-electron chi connectivity index (χ4n) is 4.26. The molecule has 0 spiro atoms. The zero-order valence-electron chi connectivity index (χ0n) is 21.7. The van der Waals surface area contributed by atoms with E-state index in [0.717, 1.165) is 17.5 Å². The molecule has 0 aliphatic carbocycles. The summed E-state index contributed by atoms with van der Waals surface area (Å²) in [6.07, 6.45) is 1.54. The van der Waals surface area contributed by atoms with E-state index in [0.29, 0.717) is 39.4 Å². The zero-order chi connectivity index (χ0) is 27.3. The molecule has 2 unspecified atom stereocenters. The van der Waals surface area contributed by atoms with E-state index >= 15 is 0 Å². The average molecular weight is 546 g/mol. The minimum Gasteiger partial charge on any atom is -0.483 e. The SMILES string of the molecule is CCC(Cl)c1ccc(C(=O)c2ccc(OC(C)(CC)c3ccc(C(=O)c4ccc(Cl)cc4)cc3)cc2)cc1. The van der Waals surface area contributed by atoms with Gasteiger partial charge in [-0.15, -0.1) is 11.6 Å². The lowest BCUT2D eigenvalue weighted by Crippen LogP contribution is -2.28. The third-order valence-electron chi connectivity index (χ3n) is 6.89. The molecule has 194 valence electrons. The van der Waals surface area contributed by atoms with E-state index in [2.05, 4.69) is 6.92 Å². The predicted molar refractivity (Wildman–Crippen MR) is 155 cm³/mol. The molecule has 2 atom stereocenters. The number of alkyl halides is 1. The van der Waals surface area contributed by atoms with Crippen molar-refractivity contribution < 1.29 is 14.3 Å². The van der Waals surface area contributed by atoms with E-state index in [9.17, 15) is 9.59 Å². The van der Waals surface area contributed by atoms with Crippen LogP contribution in [0.3, 0.4) is 0 Å². The minimum atomic E-state index is -0.611. The Hall–Kier alpha value is -3.40. The summed E-state index contributed by atoms with van der Waals surface area (Å²) < 4.78 is 6.40. The molecule has 3 nitrogen and oxygen atoms in total. The average Bonchev–Trinajstić information content (AvgIpc) is 2.97. The molecule has 0 saturated heterocycles. The summed E-state index contributed by atoms with van der Waals surface area (Å²) in [5, 5.41) is 0.541. The van der Waals surface area contributed by atoms with Crippen LogP contribution in [-0.2, 0) is 5.60 Å². The number of rotatable bonds is 10. The summed E-state index contributed by atoms with van der Waals surface area (Å²) in [6, 6.07) is 29.0. The summed E-state index contributed by atoms with van der Waals surface area (Å²) in [6.45, 7) is 6.10. The van der Waals surface area contributed by atoms with Crippen LogP contribution in [0.15, 0.2) is 97.1 Å². The molecule has 0 aliphatic heterocycles. The molecule has 4 aromatic rings. The van der Waals surface area contributed by atoms with Crippen LogP contribution in [0.2, 0.25) is 5.02 Å². The van der Waals surface area contributed by atoms with Crippen LogP contribution < -0.4 is 4.74 Å². The quantitative estimate of drug-likeness (QED) is 0.147. The molecule has 4 rings (SSSR count). The van der Waals surface area contributed by atoms with E-state index in [-0.39, 0.29) is 16.9 Å². The van der Waals surface area contributed by atoms with Gasteiger partial charge >= 0.3 is 0 Å². The molecule has 4 aromatic carbocycles. The van der Waals surface area contributed by atoms with Gasteiger partial charge < -0.3 is 4.74 Å². The van der Waals surface area contributed by atoms with E-state index in [4.69, 9.17) is 27.9 Å². The highest BCUT2D eigenvalue weighted by Crippen LogP contribution is 2.32. The van der Waals surface area contributed by atoms with Crippen molar-refractivity contribution in [1.82, 2.24) is 0 Å². The molecular formula is C33H30Cl2O3. The largest absolute Gasteiger partial charge is 0.483 e. The van der Waals surface area contributed by atoms with Gasteiger partial charge in [0.05, 0.1) is 5.38 Å². The monoisotopic (exact) mass is 544 g/mol. The van der Waals surface area contributed by atoms with E-state index in [1.54, 1.807) is 36.4 Å². The third-order valence-corrected chi connectivity index (χ3v) is 7.70. The number of ketones is 2. The lowest BCUT2D eigenvalue weighted by Gasteiger charge is -2.30. The Balaban J connectivity index is 1.46. The maximum atomic E-state index is 13.0. The molecule has 5 heteroatoms. The Morgan fingerprint density at radius 1 is 0.711 bits per heavy atom. The van der Waals surface area contributed by atoms with Gasteiger partial charge in [0.15, 0.2) is 11.6 Å². The highest BCUT2D eigenvalue weighted by Gasteiger charge is 2.27. The highest BCUT2D eigenvalue weighted by molar-refractivity contribution is 6.30. The second-order valence-corrected chi connectivity index (χ2v) is 10.4. The molecular weight excluding hydrogens is 515 g/mol.